The van der Waals surface area contributed by atoms with Gasteiger partial charge in [0, 0.05) is 16.9 Å². The molecule has 0 fully saturated rings. The molecule has 5 heteroatoms. The summed E-state index contributed by atoms with van der Waals surface area (Å²) >= 11 is 3.37. The topological polar surface area (TPSA) is 54.4 Å². The molecule has 96 valence electrons. The van der Waals surface area contributed by atoms with E-state index in [0.29, 0.717) is 5.56 Å². The number of amides is 1. The molecule has 0 aliphatic carbocycles. The number of hydrogen-bond acceptors (Lipinski definition) is 3. The van der Waals surface area contributed by atoms with Crippen LogP contribution in [0.4, 0.5) is 0 Å². The highest BCUT2D eigenvalue weighted by atomic mass is 79.9. The van der Waals surface area contributed by atoms with E-state index < -0.39 is 0 Å². The fourth-order valence-corrected chi connectivity index (χ4v) is 1.72. The van der Waals surface area contributed by atoms with Crippen molar-refractivity contribution >= 4 is 27.5 Å². The number of carbonyl (C=O) groups excluding carboxylic acids is 1. The molecular formula is C14H12BrN3O. The van der Waals surface area contributed by atoms with E-state index >= 15 is 0 Å². The van der Waals surface area contributed by atoms with Crippen molar-refractivity contribution < 1.29 is 4.79 Å². The van der Waals surface area contributed by atoms with Crippen LogP contribution < -0.4 is 5.43 Å². The number of nitrogens with one attached hydrogen (secondary N) is 1. The lowest BCUT2D eigenvalue weighted by Gasteiger charge is -2.03. The monoisotopic (exact) mass is 317 g/mol. The van der Waals surface area contributed by atoms with Gasteiger partial charge in [-0.2, -0.15) is 5.10 Å². The van der Waals surface area contributed by atoms with Gasteiger partial charge in [0.25, 0.3) is 5.91 Å². The highest BCUT2D eigenvalue weighted by molar-refractivity contribution is 9.10. The quantitative estimate of drug-likeness (QED) is 0.699. The molecule has 0 saturated heterocycles. The lowest BCUT2D eigenvalue weighted by atomic mass is 10.1. The number of aromatic nitrogens is 1. The molecule has 0 aliphatic rings. The normalized spacial score (nSPS) is 11.2. The highest BCUT2D eigenvalue weighted by Crippen LogP contribution is 2.11. The summed E-state index contributed by atoms with van der Waals surface area (Å²) in [5, 5.41) is 4.07. The molecule has 2 aromatic rings. The highest BCUT2D eigenvalue weighted by Gasteiger charge is 2.04. The average Bonchev–Trinajstić information content (AvgIpc) is 2.46. The predicted molar refractivity (Wildman–Crippen MR) is 78.1 cm³/mol. The molecule has 4 nitrogen and oxygen atoms in total. The zero-order valence-electron chi connectivity index (χ0n) is 10.3. The SMILES string of the molecule is C/C(=N\NC(=O)c1cccnc1)c1ccc(Br)cc1. The smallest absolute Gasteiger partial charge is 0.267 e. The molecular weight excluding hydrogens is 306 g/mol. The van der Waals surface area contributed by atoms with E-state index in [1.54, 1.807) is 18.3 Å². The number of halogens is 1. The average molecular weight is 318 g/mol. The maximum atomic E-state index is 11.8. The van der Waals surface area contributed by atoms with Gasteiger partial charge in [0.2, 0.25) is 0 Å². The van der Waals surface area contributed by atoms with Gasteiger partial charge in [-0.3, -0.25) is 9.78 Å². The Balaban J connectivity index is 2.06. The van der Waals surface area contributed by atoms with Gasteiger partial charge in [0.15, 0.2) is 0 Å². The fourth-order valence-electron chi connectivity index (χ4n) is 1.45. The fraction of sp³-hybridized carbons (Fsp3) is 0.0714. The second kappa shape index (κ2) is 6.24. The Bertz CT molecular complexity index is 594. The summed E-state index contributed by atoms with van der Waals surface area (Å²) in [6, 6.07) is 11.1. The summed E-state index contributed by atoms with van der Waals surface area (Å²) in [7, 11) is 0. The molecule has 0 aliphatic heterocycles. The van der Waals surface area contributed by atoms with Crippen molar-refractivity contribution in [1.82, 2.24) is 10.4 Å². The van der Waals surface area contributed by atoms with E-state index in [-0.39, 0.29) is 5.91 Å². The first-order chi connectivity index (χ1) is 9.16. The molecule has 0 radical (unpaired) electrons. The Morgan fingerprint density at radius 3 is 2.58 bits per heavy atom. The van der Waals surface area contributed by atoms with E-state index in [1.165, 1.54) is 6.20 Å². The van der Waals surface area contributed by atoms with Crippen LogP contribution in [-0.4, -0.2) is 16.6 Å². The lowest BCUT2D eigenvalue weighted by Crippen LogP contribution is -2.19. The second-order valence-electron chi connectivity index (χ2n) is 3.89. The third kappa shape index (κ3) is 3.72. The minimum atomic E-state index is -0.274. The van der Waals surface area contributed by atoms with Gasteiger partial charge in [-0.05, 0) is 36.8 Å². The van der Waals surface area contributed by atoms with Gasteiger partial charge in [-0.25, -0.2) is 5.43 Å². The van der Waals surface area contributed by atoms with Gasteiger partial charge in [-0.15, -0.1) is 0 Å². The second-order valence-corrected chi connectivity index (χ2v) is 4.80. The van der Waals surface area contributed by atoms with Crippen molar-refractivity contribution in [3.63, 3.8) is 0 Å². The van der Waals surface area contributed by atoms with Crippen LogP contribution in [0, 0.1) is 0 Å². The van der Waals surface area contributed by atoms with Crippen LogP contribution in [0.25, 0.3) is 0 Å². The zero-order valence-corrected chi connectivity index (χ0v) is 11.9. The van der Waals surface area contributed by atoms with Crippen LogP contribution in [0.15, 0.2) is 58.4 Å². The Hall–Kier alpha value is -2.01. The summed E-state index contributed by atoms with van der Waals surface area (Å²) in [4.78, 5) is 15.7. The van der Waals surface area contributed by atoms with Crippen molar-refractivity contribution in [2.45, 2.75) is 6.92 Å². The van der Waals surface area contributed by atoms with Crippen LogP contribution in [0.2, 0.25) is 0 Å². The Morgan fingerprint density at radius 2 is 1.95 bits per heavy atom. The Labute approximate surface area is 119 Å². The number of nitrogens with zero attached hydrogens (tertiary/aromatic N) is 2. The summed E-state index contributed by atoms with van der Waals surface area (Å²) in [5.41, 5.74) is 4.68. The molecule has 0 spiro atoms. The van der Waals surface area contributed by atoms with Crippen LogP contribution >= 0.6 is 15.9 Å². The van der Waals surface area contributed by atoms with E-state index in [0.717, 1.165) is 15.7 Å². The number of hydrogen-bond donors (Lipinski definition) is 1. The van der Waals surface area contributed by atoms with Crippen molar-refractivity contribution in [2.24, 2.45) is 5.10 Å². The number of benzene rings is 1. The van der Waals surface area contributed by atoms with Crippen molar-refractivity contribution in [3.05, 3.63) is 64.4 Å². The van der Waals surface area contributed by atoms with Gasteiger partial charge < -0.3 is 0 Å². The first-order valence-corrected chi connectivity index (χ1v) is 6.47. The Kier molecular flexibility index (Phi) is 4.41. The third-order valence-electron chi connectivity index (χ3n) is 2.51. The van der Waals surface area contributed by atoms with Crippen molar-refractivity contribution in [3.8, 4) is 0 Å². The predicted octanol–water partition coefficient (Wildman–Crippen LogP) is 3.00. The van der Waals surface area contributed by atoms with Crippen molar-refractivity contribution in [2.75, 3.05) is 0 Å². The number of carbonyl (C=O) groups is 1. The molecule has 1 N–H and O–H groups in total. The molecule has 1 aromatic heterocycles. The summed E-state index contributed by atoms with van der Waals surface area (Å²) in [6.07, 6.45) is 3.12. The van der Waals surface area contributed by atoms with E-state index in [9.17, 15) is 4.79 Å². The number of hydrazone groups is 1. The van der Waals surface area contributed by atoms with Gasteiger partial charge >= 0.3 is 0 Å². The van der Waals surface area contributed by atoms with Crippen LogP contribution in [-0.2, 0) is 0 Å². The number of pyridine rings is 1. The summed E-state index contributed by atoms with van der Waals surface area (Å²) < 4.78 is 1.00. The van der Waals surface area contributed by atoms with Gasteiger partial charge in [0.05, 0.1) is 11.3 Å². The van der Waals surface area contributed by atoms with Crippen LogP contribution in [0.1, 0.15) is 22.8 Å². The molecule has 0 bridgehead atoms. The van der Waals surface area contributed by atoms with Crippen LogP contribution in [0.3, 0.4) is 0 Å². The minimum absolute atomic E-state index is 0.274. The van der Waals surface area contributed by atoms with Crippen molar-refractivity contribution in [1.29, 1.82) is 0 Å². The maximum Gasteiger partial charge on any atom is 0.272 e. The number of rotatable bonds is 3. The van der Waals surface area contributed by atoms with Crippen LogP contribution in [0.5, 0.6) is 0 Å². The largest absolute Gasteiger partial charge is 0.272 e. The third-order valence-corrected chi connectivity index (χ3v) is 3.04. The molecule has 1 heterocycles. The van der Waals surface area contributed by atoms with E-state index in [2.05, 4.69) is 31.4 Å². The molecule has 19 heavy (non-hydrogen) atoms. The maximum absolute atomic E-state index is 11.8. The first kappa shape index (κ1) is 13.4. The zero-order chi connectivity index (χ0) is 13.7. The van der Waals surface area contributed by atoms with Gasteiger partial charge in [-0.1, -0.05) is 28.1 Å². The molecule has 0 saturated carbocycles. The summed E-state index contributed by atoms with van der Waals surface area (Å²) in [5.74, 6) is -0.274. The first-order valence-electron chi connectivity index (χ1n) is 5.67. The van der Waals surface area contributed by atoms with E-state index in [1.807, 2.05) is 31.2 Å². The van der Waals surface area contributed by atoms with E-state index in [4.69, 9.17) is 0 Å². The lowest BCUT2D eigenvalue weighted by molar-refractivity contribution is 0.0954. The Morgan fingerprint density at radius 1 is 1.21 bits per heavy atom. The summed E-state index contributed by atoms with van der Waals surface area (Å²) in [6.45, 7) is 1.84. The molecule has 0 atom stereocenters. The standard InChI is InChI=1S/C14H12BrN3O/c1-10(11-4-6-13(15)7-5-11)17-18-14(19)12-3-2-8-16-9-12/h2-9H,1H3,(H,18,19)/b17-10+. The molecule has 1 aromatic carbocycles. The molecule has 0 unspecified atom stereocenters. The van der Waals surface area contributed by atoms with Gasteiger partial charge in [0.1, 0.15) is 0 Å². The molecule has 2 rings (SSSR count). The molecule has 1 amide bonds. The minimum Gasteiger partial charge on any atom is -0.267 e.